The van der Waals surface area contributed by atoms with Crippen molar-refractivity contribution in [2.45, 2.75) is 13.1 Å². The number of thiocarbonyl (C=S) groups is 1. The Bertz CT molecular complexity index is 609. The lowest BCUT2D eigenvalue weighted by atomic mass is 10.2. The Kier molecular flexibility index (Phi) is 5.56. The molecule has 0 bridgehead atoms. The molecule has 1 aromatic heterocycles. The van der Waals surface area contributed by atoms with E-state index in [1.165, 1.54) is 11.1 Å². The predicted octanol–water partition coefficient (Wildman–Crippen LogP) is 0.857. The summed E-state index contributed by atoms with van der Waals surface area (Å²) in [6.07, 6.45) is 3.74. The van der Waals surface area contributed by atoms with Gasteiger partial charge >= 0.3 is 0 Å². The summed E-state index contributed by atoms with van der Waals surface area (Å²) in [5, 5.41) is 4.25. The maximum absolute atomic E-state index is 5.54. The van der Waals surface area contributed by atoms with Crippen molar-refractivity contribution in [1.29, 1.82) is 0 Å². The van der Waals surface area contributed by atoms with Crippen LogP contribution in [0.1, 0.15) is 11.1 Å². The van der Waals surface area contributed by atoms with E-state index in [1.54, 1.807) is 4.90 Å². The second kappa shape index (κ2) is 8.04. The minimum Gasteiger partial charge on any atom is -0.358 e. The highest BCUT2D eigenvalue weighted by atomic mass is 32.1. The van der Waals surface area contributed by atoms with E-state index < -0.39 is 0 Å². The van der Waals surface area contributed by atoms with E-state index >= 15 is 0 Å². The molecule has 1 saturated heterocycles. The largest absolute Gasteiger partial charge is 0.358 e. The van der Waals surface area contributed by atoms with Gasteiger partial charge in [-0.25, -0.2) is 0 Å². The van der Waals surface area contributed by atoms with Crippen LogP contribution < -0.4 is 10.2 Å². The van der Waals surface area contributed by atoms with Crippen LogP contribution >= 0.6 is 12.2 Å². The van der Waals surface area contributed by atoms with Crippen molar-refractivity contribution in [3.8, 4) is 0 Å². The van der Waals surface area contributed by atoms with Gasteiger partial charge in [-0.05, 0) is 29.9 Å². The first-order chi connectivity index (χ1) is 11.3. The van der Waals surface area contributed by atoms with Gasteiger partial charge in [0.05, 0.1) is 26.2 Å². The fraction of sp³-hybridized carbons (Fsp3) is 0.333. The molecule has 1 aliphatic heterocycles. The van der Waals surface area contributed by atoms with Crippen LogP contribution in [0.15, 0.2) is 54.9 Å². The summed E-state index contributed by atoms with van der Waals surface area (Å²) in [5.74, 6) is 0. The van der Waals surface area contributed by atoms with Gasteiger partial charge in [0.1, 0.15) is 6.54 Å². The standard InChI is InChI=1S/C18H22N4S/c23-18(20-14-16-4-2-1-3-5-16)22-12-10-21(11-13-22)15-17-6-8-19-9-7-17/h1-9H,10-15H2,(H,20,23)/p+1. The number of piperazine rings is 1. The molecule has 0 atom stereocenters. The average molecular weight is 327 g/mol. The minimum atomic E-state index is 0.795. The van der Waals surface area contributed by atoms with Gasteiger partial charge in [0.25, 0.3) is 0 Å². The quantitative estimate of drug-likeness (QED) is 0.816. The molecule has 3 rings (SSSR count). The Balaban J connectivity index is 1.42. The Hall–Kier alpha value is -1.98. The fourth-order valence-electron chi connectivity index (χ4n) is 2.88. The first-order valence-corrected chi connectivity index (χ1v) is 8.51. The molecule has 1 aliphatic rings. The van der Waals surface area contributed by atoms with Crippen molar-refractivity contribution < 1.29 is 4.90 Å². The number of quaternary nitrogens is 1. The van der Waals surface area contributed by atoms with Gasteiger partial charge in [-0.3, -0.25) is 4.98 Å². The maximum atomic E-state index is 5.54. The lowest BCUT2D eigenvalue weighted by Gasteiger charge is -2.34. The van der Waals surface area contributed by atoms with E-state index in [2.05, 4.69) is 51.6 Å². The number of rotatable bonds is 4. The topological polar surface area (TPSA) is 32.6 Å². The van der Waals surface area contributed by atoms with E-state index in [1.807, 2.05) is 18.5 Å². The molecule has 2 heterocycles. The van der Waals surface area contributed by atoms with Crippen LogP contribution in [-0.2, 0) is 13.1 Å². The highest BCUT2D eigenvalue weighted by molar-refractivity contribution is 7.80. The molecule has 2 aromatic rings. The van der Waals surface area contributed by atoms with Gasteiger partial charge in [0, 0.05) is 24.5 Å². The molecule has 0 spiro atoms. The third-order valence-corrected chi connectivity index (χ3v) is 4.65. The number of hydrogen-bond acceptors (Lipinski definition) is 2. The van der Waals surface area contributed by atoms with E-state index in [0.29, 0.717) is 0 Å². The van der Waals surface area contributed by atoms with E-state index in [9.17, 15) is 0 Å². The van der Waals surface area contributed by atoms with Gasteiger partial charge in [-0.2, -0.15) is 0 Å². The Morgan fingerprint density at radius 3 is 2.43 bits per heavy atom. The molecule has 0 unspecified atom stereocenters. The highest BCUT2D eigenvalue weighted by Crippen LogP contribution is 1.99. The van der Waals surface area contributed by atoms with Crippen molar-refractivity contribution in [1.82, 2.24) is 15.2 Å². The minimum absolute atomic E-state index is 0.795. The lowest BCUT2D eigenvalue weighted by molar-refractivity contribution is -0.917. The fourth-order valence-corrected chi connectivity index (χ4v) is 3.13. The van der Waals surface area contributed by atoms with Crippen LogP contribution in [0.4, 0.5) is 0 Å². The number of nitrogens with one attached hydrogen (secondary N) is 2. The first kappa shape index (κ1) is 15.9. The highest BCUT2D eigenvalue weighted by Gasteiger charge is 2.21. The molecule has 1 aromatic carbocycles. The normalized spacial score (nSPS) is 15.4. The molecule has 0 aliphatic carbocycles. The van der Waals surface area contributed by atoms with Crippen LogP contribution in [0, 0.1) is 0 Å². The number of nitrogens with zero attached hydrogens (tertiary/aromatic N) is 2. The first-order valence-electron chi connectivity index (χ1n) is 8.10. The number of aromatic nitrogens is 1. The van der Waals surface area contributed by atoms with Gasteiger partial charge in [-0.15, -0.1) is 0 Å². The molecule has 1 fully saturated rings. The summed E-state index contributed by atoms with van der Waals surface area (Å²) >= 11 is 5.54. The SMILES string of the molecule is S=C(NCc1ccccc1)N1CC[NH+](Cc2ccncc2)CC1. The third-order valence-electron chi connectivity index (χ3n) is 4.25. The second-order valence-electron chi connectivity index (χ2n) is 5.91. The summed E-state index contributed by atoms with van der Waals surface area (Å²) < 4.78 is 0. The van der Waals surface area contributed by atoms with E-state index in [0.717, 1.165) is 44.4 Å². The summed E-state index contributed by atoms with van der Waals surface area (Å²) in [6.45, 7) is 6.14. The van der Waals surface area contributed by atoms with Crippen LogP contribution in [-0.4, -0.2) is 41.2 Å². The van der Waals surface area contributed by atoms with E-state index in [-0.39, 0.29) is 0 Å². The lowest BCUT2D eigenvalue weighted by Crippen LogP contribution is -3.13. The molecular formula is C18H23N4S+. The molecule has 0 radical (unpaired) electrons. The molecule has 23 heavy (non-hydrogen) atoms. The summed E-state index contributed by atoms with van der Waals surface area (Å²) in [6, 6.07) is 14.6. The molecule has 0 saturated carbocycles. The maximum Gasteiger partial charge on any atom is 0.169 e. The van der Waals surface area contributed by atoms with Crippen LogP contribution in [0.5, 0.6) is 0 Å². The second-order valence-corrected chi connectivity index (χ2v) is 6.30. The van der Waals surface area contributed by atoms with Crippen LogP contribution in [0.3, 0.4) is 0 Å². The van der Waals surface area contributed by atoms with Gasteiger partial charge in [-0.1, -0.05) is 30.3 Å². The summed E-state index contributed by atoms with van der Waals surface area (Å²) in [7, 11) is 0. The van der Waals surface area contributed by atoms with Crippen LogP contribution in [0.2, 0.25) is 0 Å². The molecule has 120 valence electrons. The van der Waals surface area contributed by atoms with Gasteiger partial charge < -0.3 is 15.1 Å². The summed E-state index contributed by atoms with van der Waals surface area (Å²) in [4.78, 5) is 7.97. The number of hydrogen-bond donors (Lipinski definition) is 2. The van der Waals surface area contributed by atoms with Crippen molar-refractivity contribution in [2.24, 2.45) is 0 Å². The van der Waals surface area contributed by atoms with Crippen LogP contribution in [0.25, 0.3) is 0 Å². The molecule has 5 heteroatoms. The predicted molar refractivity (Wildman–Crippen MR) is 96.1 cm³/mol. The molecule has 0 amide bonds. The zero-order valence-electron chi connectivity index (χ0n) is 13.2. The number of benzene rings is 1. The van der Waals surface area contributed by atoms with Crippen molar-refractivity contribution in [3.05, 3.63) is 66.0 Å². The Morgan fingerprint density at radius 2 is 1.74 bits per heavy atom. The number of pyridine rings is 1. The monoisotopic (exact) mass is 327 g/mol. The zero-order valence-corrected chi connectivity index (χ0v) is 14.1. The van der Waals surface area contributed by atoms with Gasteiger partial charge in [0.2, 0.25) is 0 Å². The summed E-state index contributed by atoms with van der Waals surface area (Å²) in [5.41, 5.74) is 2.62. The Morgan fingerprint density at radius 1 is 1.04 bits per heavy atom. The van der Waals surface area contributed by atoms with Crippen molar-refractivity contribution in [2.75, 3.05) is 26.2 Å². The van der Waals surface area contributed by atoms with Gasteiger partial charge in [0.15, 0.2) is 5.11 Å². The third kappa shape index (κ3) is 4.74. The molecule has 4 nitrogen and oxygen atoms in total. The molecule has 2 N–H and O–H groups in total. The smallest absolute Gasteiger partial charge is 0.169 e. The van der Waals surface area contributed by atoms with Crippen molar-refractivity contribution in [3.63, 3.8) is 0 Å². The molecular weight excluding hydrogens is 304 g/mol. The Labute approximate surface area is 143 Å². The zero-order chi connectivity index (χ0) is 15.9. The average Bonchev–Trinajstić information content (AvgIpc) is 2.62. The van der Waals surface area contributed by atoms with Crippen molar-refractivity contribution >= 4 is 17.3 Å². The van der Waals surface area contributed by atoms with E-state index in [4.69, 9.17) is 12.2 Å².